The largest absolute Gasteiger partial charge is 0.481 e. The van der Waals surface area contributed by atoms with E-state index in [1.54, 1.807) is 27.9 Å². The van der Waals surface area contributed by atoms with E-state index in [1.807, 2.05) is 19.2 Å². The summed E-state index contributed by atoms with van der Waals surface area (Å²) in [7, 11) is 1.88. The summed E-state index contributed by atoms with van der Waals surface area (Å²) in [6.07, 6.45) is 3.62. The van der Waals surface area contributed by atoms with E-state index in [4.69, 9.17) is 4.74 Å². The molecule has 1 amide bonds. The molecule has 1 aliphatic heterocycles. The average molecular weight is 368 g/mol. The lowest BCUT2D eigenvalue weighted by atomic mass is 9.93. The molecule has 1 aromatic carbocycles. The van der Waals surface area contributed by atoms with Gasteiger partial charge >= 0.3 is 0 Å². The number of amides is 1. The van der Waals surface area contributed by atoms with Gasteiger partial charge in [0.15, 0.2) is 23.8 Å². The number of hydrogen-bond donors (Lipinski definition) is 0. The van der Waals surface area contributed by atoms with Crippen LogP contribution in [0.1, 0.15) is 24.5 Å². The smallest absolute Gasteiger partial charge is 0.260 e. The van der Waals surface area contributed by atoms with Crippen molar-refractivity contribution >= 4 is 16.9 Å². The number of halogens is 1. The maximum atomic E-state index is 13.6. The summed E-state index contributed by atoms with van der Waals surface area (Å²) in [5.74, 6) is -0.346. The van der Waals surface area contributed by atoms with Crippen LogP contribution in [0.25, 0.3) is 11.0 Å². The zero-order valence-electron chi connectivity index (χ0n) is 15.1. The Morgan fingerprint density at radius 3 is 3.00 bits per heavy atom. The summed E-state index contributed by atoms with van der Waals surface area (Å²) in [6, 6.07) is 10.0. The third kappa shape index (κ3) is 3.49. The van der Waals surface area contributed by atoms with Crippen molar-refractivity contribution in [3.8, 4) is 5.75 Å². The normalized spacial score (nSPS) is 17.3. The number of nitrogens with zero attached hydrogens (tertiary/aromatic N) is 4. The Morgan fingerprint density at radius 2 is 2.15 bits per heavy atom. The summed E-state index contributed by atoms with van der Waals surface area (Å²) in [5.41, 5.74) is 1.83. The fraction of sp³-hybridized carbons (Fsp3) is 0.350. The number of para-hydroxylation sites is 1. The first-order valence-electron chi connectivity index (χ1n) is 9.06. The van der Waals surface area contributed by atoms with Crippen molar-refractivity contribution in [2.24, 2.45) is 7.05 Å². The third-order valence-electron chi connectivity index (χ3n) is 4.98. The van der Waals surface area contributed by atoms with Crippen molar-refractivity contribution in [2.45, 2.75) is 18.8 Å². The molecular weight excluding hydrogens is 347 g/mol. The van der Waals surface area contributed by atoms with Gasteiger partial charge in [0, 0.05) is 37.6 Å². The Morgan fingerprint density at radius 1 is 1.30 bits per heavy atom. The van der Waals surface area contributed by atoms with Gasteiger partial charge in [-0.3, -0.25) is 9.48 Å². The van der Waals surface area contributed by atoms with E-state index in [1.165, 1.54) is 12.1 Å². The molecule has 6 nitrogen and oxygen atoms in total. The number of carbonyl (C=O) groups is 1. The minimum atomic E-state index is -0.464. The molecule has 3 heterocycles. The Kier molecular flexibility index (Phi) is 4.75. The van der Waals surface area contributed by atoms with Gasteiger partial charge < -0.3 is 9.64 Å². The highest BCUT2D eigenvalue weighted by Gasteiger charge is 2.28. The Hall–Kier alpha value is -2.96. The molecule has 0 radical (unpaired) electrons. The van der Waals surface area contributed by atoms with Crippen molar-refractivity contribution in [1.29, 1.82) is 0 Å². The lowest BCUT2D eigenvalue weighted by molar-refractivity contribution is -0.134. The van der Waals surface area contributed by atoms with Gasteiger partial charge in [-0.15, -0.1) is 0 Å². The highest BCUT2D eigenvalue weighted by atomic mass is 19.1. The van der Waals surface area contributed by atoms with Gasteiger partial charge in [-0.25, -0.2) is 9.37 Å². The van der Waals surface area contributed by atoms with E-state index >= 15 is 0 Å². The van der Waals surface area contributed by atoms with Crippen molar-refractivity contribution in [3.63, 3.8) is 0 Å². The monoisotopic (exact) mass is 368 g/mol. The summed E-state index contributed by atoms with van der Waals surface area (Å²) in [4.78, 5) is 18.7. The average Bonchev–Trinajstić information content (AvgIpc) is 3.04. The SMILES string of the molecule is Cn1nc(C2CCCN(C(=O)COc3ccccc3F)C2)c2cccnc21. The topological polar surface area (TPSA) is 60.2 Å². The van der Waals surface area contributed by atoms with Gasteiger partial charge in [0.05, 0.1) is 5.69 Å². The second-order valence-electron chi connectivity index (χ2n) is 6.78. The van der Waals surface area contributed by atoms with Crippen molar-refractivity contribution in [2.75, 3.05) is 19.7 Å². The fourth-order valence-electron chi connectivity index (χ4n) is 3.64. The fourth-order valence-corrected chi connectivity index (χ4v) is 3.64. The second kappa shape index (κ2) is 7.34. The number of piperidine rings is 1. The van der Waals surface area contributed by atoms with E-state index in [0.29, 0.717) is 13.1 Å². The highest BCUT2D eigenvalue weighted by molar-refractivity contribution is 5.80. The Bertz CT molecular complexity index is 972. The Balaban J connectivity index is 1.46. The van der Waals surface area contributed by atoms with Crippen LogP contribution in [-0.4, -0.2) is 45.3 Å². The van der Waals surface area contributed by atoms with E-state index in [2.05, 4.69) is 10.1 Å². The first kappa shape index (κ1) is 17.5. The molecular formula is C20H21FN4O2. The molecule has 0 N–H and O–H groups in total. The van der Waals surface area contributed by atoms with Gasteiger partial charge in [0.25, 0.3) is 5.91 Å². The molecule has 0 aliphatic carbocycles. The van der Waals surface area contributed by atoms with Crippen LogP contribution in [0.15, 0.2) is 42.6 Å². The van der Waals surface area contributed by atoms with Crippen molar-refractivity contribution in [1.82, 2.24) is 19.7 Å². The van der Waals surface area contributed by atoms with Crippen LogP contribution in [0.3, 0.4) is 0 Å². The van der Waals surface area contributed by atoms with E-state index < -0.39 is 5.82 Å². The predicted molar refractivity (Wildman–Crippen MR) is 99.0 cm³/mol. The molecule has 2 aromatic heterocycles. The maximum absolute atomic E-state index is 13.6. The van der Waals surface area contributed by atoms with Crippen molar-refractivity contribution < 1.29 is 13.9 Å². The number of carbonyl (C=O) groups excluding carboxylic acids is 1. The zero-order chi connectivity index (χ0) is 18.8. The lowest BCUT2D eigenvalue weighted by Crippen LogP contribution is -2.41. The minimum absolute atomic E-state index is 0.0983. The molecule has 140 valence electrons. The number of likely N-dealkylation sites (tertiary alicyclic amines) is 1. The molecule has 3 aromatic rings. The summed E-state index contributed by atoms with van der Waals surface area (Å²) >= 11 is 0. The van der Waals surface area contributed by atoms with Gasteiger partial charge in [0.1, 0.15) is 0 Å². The van der Waals surface area contributed by atoms with Crippen LogP contribution < -0.4 is 4.74 Å². The van der Waals surface area contributed by atoms with Crippen LogP contribution in [0, 0.1) is 5.82 Å². The molecule has 1 atom stereocenters. The van der Waals surface area contributed by atoms with Crippen LogP contribution in [0.2, 0.25) is 0 Å². The number of rotatable bonds is 4. The minimum Gasteiger partial charge on any atom is -0.481 e. The number of hydrogen-bond acceptors (Lipinski definition) is 4. The second-order valence-corrected chi connectivity index (χ2v) is 6.78. The molecule has 1 aliphatic rings. The zero-order valence-corrected chi connectivity index (χ0v) is 15.1. The third-order valence-corrected chi connectivity index (χ3v) is 4.98. The van der Waals surface area contributed by atoms with Gasteiger partial charge in [0.2, 0.25) is 0 Å². The van der Waals surface area contributed by atoms with Crippen LogP contribution >= 0.6 is 0 Å². The number of pyridine rings is 1. The number of ether oxygens (including phenoxy) is 1. The number of aromatic nitrogens is 3. The molecule has 27 heavy (non-hydrogen) atoms. The van der Waals surface area contributed by atoms with Gasteiger partial charge in [-0.2, -0.15) is 5.10 Å². The van der Waals surface area contributed by atoms with Crippen molar-refractivity contribution in [3.05, 3.63) is 54.1 Å². The van der Waals surface area contributed by atoms with E-state index in [0.717, 1.165) is 29.6 Å². The van der Waals surface area contributed by atoms with Crippen LogP contribution in [-0.2, 0) is 11.8 Å². The summed E-state index contributed by atoms with van der Waals surface area (Å²) in [6.45, 7) is 1.09. The van der Waals surface area contributed by atoms with Crippen LogP contribution in [0.4, 0.5) is 4.39 Å². The summed E-state index contributed by atoms with van der Waals surface area (Å²) < 4.78 is 20.8. The highest BCUT2D eigenvalue weighted by Crippen LogP contribution is 2.30. The molecule has 1 fully saturated rings. The molecule has 1 saturated heterocycles. The first-order valence-corrected chi connectivity index (χ1v) is 9.06. The molecule has 4 rings (SSSR count). The van der Waals surface area contributed by atoms with E-state index in [9.17, 15) is 9.18 Å². The van der Waals surface area contributed by atoms with Crippen LogP contribution in [0.5, 0.6) is 5.75 Å². The Labute approximate surface area is 156 Å². The van der Waals surface area contributed by atoms with E-state index in [-0.39, 0.29) is 24.2 Å². The summed E-state index contributed by atoms with van der Waals surface area (Å²) in [5, 5.41) is 5.68. The van der Waals surface area contributed by atoms with Gasteiger partial charge in [-0.1, -0.05) is 12.1 Å². The molecule has 7 heteroatoms. The molecule has 0 saturated carbocycles. The molecule has 1 unspecified atom stereocenters. The standard InChI is InChI=1S/C20H21FN4O2/c1-24-20-15(7-4-10-22-20)19(23-24)14-6-5-11-25(12-14)18(26)13-27-17-9-3-2-8-16(17)21/h2-4,7-10,14H,5-6,11-13H2,1H3. The predicted octanol–water partition coefficient (Wildman–Crippen LogP) is 2.89. The molecule has 0 bridgehead atoms. The number of fused-ring (bicyclic) bond motifs is 1. The maximum Gasteiger partial charge on any atom is 0.260 e. The molecule has 0 spiro atoms. The first-order chi connectivity index (χ1) is 13.1. The van der Waals surface area contributed by atoms with Gasteiger partial charge in [-0.05, 0) is 37.1 Å². The quantitative estimate of drug-likeness (QED) is 0.710. The number of benzene rings is 1. The lowest BCUT2D eigenvalue weighted by Gasteiger charge is -2.32. The number of aryl methyl sites for hydroxylation is 1.